The summed E-state index contributed by atoms with van der Waals surface area (Å²) >= 11 is 0. The lowest BCUT2D eigenvalue weighted by atomic mass is 9.77. The Morgan fingerprint density at radius 3 is 2.17 bits per heavy atom. The lowest BCUT2D eigenvalue weighted by Gasteiger charge is -2.28. The highest BCUT2D eigenvalue weighted by Gasteiger charge is 2.24. The Morgan fingerprint density at radius 1 is 0.944 bits per heavy atom. The summed E-state index contributed by atoms with van der Waals surface area (Å²) in [4.78, 5) is 18.9. The van der Waals surface area contributed by atoms with Crippen molar-refractivity contribution in [2.75, 3.05) is 11.0 Å². The number of sulfonamides is 1. The Labute approximate surface area is 210 Å². The van der Waals surface area contributed by atoms with Crippen molar-refractivity contribution in [3.63, 3.8) is 0 Å². The molecule has 1 aliphatic rings. The molecule has 0 unspecified atom stereocenters. The van der Waals surface area contributed by atoms with Gasteiger partial charge in [0, 0.05) is 12.0 Å². The highest BCUT2D eigenvalue weighted by molar-refractivity contribution is 7.92. The molecule has 0 amide bonds. The van der Waals surface area contributed by atoms with Gasteiger partial charge in [-0.25, -0.2) is 13.4 Å². The molecule has 8 heteroatoms. The van der Waals surface area contributed by atoms with Crippen molar-refractivity contribution in [2.24, 2.45) is 5.92 Å². The number of aromatic amines is 1. The van der Waals surface area contributed by atoms with Crippen molar-refractivity contribution in [2.45, 2.75) is 38.0 Å². The second-order valence-corrected chi connectivity index (χ2v) is 11.5. The van der Waals surface area contributed by atoms with Crippen LogP contribution in [0.3, 0.4) is 0 Å². The van der Waals surface area contributed by atoms with Gasteiger partial charge in [0.25, 0.3) is 0 Å². The third kappa shape index (κ3) is 5.60. The standard InChI is InChI=1S/C28H29N3O4S/c1-36(34,35)31-24-14-15-25-26(17-24)30-28(29-25)23-12-10-22(11-13-23)21-8-6-20(7-9-21)19-4-2-18(3-5-19)16-27(32)33/h6-15,17-19,31H,2-5,16H2,1H3,(H,29,30)(H,32,33). The molecule has 0 atom stereocenters. The van der Waals surface area contributed by atoms with E-state index in [9.17, 15) is 13.2 Å². The van der Waals surface area contributed by atoms with Gasteiger partial charge in [-0.3, -0.25) is 9.52 Å². The van der Waals surface area contributed by atoms with Crippen LogP contribution in [0.4, 0.5) is 5.69 Å². The molecule has 1 saturated carbocycles. The summed E-state index contributed by atoms with van der Waals surface area (Å²) in [6, 6.07) is 22.1. The number of H-pyrrole nitrogens is 1. The summed E-state index contributed by atoms with van der Waals surface area (Å²) in [5.74, 6) is 0.856. The molecule has 1 heterocycles. The van der Waals surface area contributed by atoms with Gasteiger partial charge < -0.3 is 10.1 Å². The lowest BCUT2D eigenvalue weighted by molar-refractivity contribution is -0.138. The number of aliphatic carboxylic acids is 1. The zero-order valence-corrected chi connectivity index (χ0v) is 20.9. The van der Waals surface area contributed by atoms with Crippen molar-refractivity contribution >= 4 is 32.7 Å². The molecule has 0 spiro atoms. The first kappa shape index (κ1) is 24.1. The van der Waals surface area contributed by atoms with Crippen LogP contribution < -0.4 is 4.72 Å². The number of hydrogen-bond donors (Lipinski definition) is 3. The summed E-state index contributed by atoms with van der Waals surface area (Å²) in [5, 5.41) is 9.02. The normalized spacial score (nSPS) is 18.2. The highest BCUT2D eigenvalue weighted by atomic mass is 32.2. The molecule has 1 fully saturated rings. The van der Waals surface area contributed by atoms with Crippen LogP contribution in [0.1, 0.15) is 43.6 Å². The minimum absolute atomic E-state index is 0.289. The van der Waals surface area contributed by atoms with Gasteiger partial charge in [0.1, 0.15) is 5.82 Å². The van der Waals surface area contributed by atoms with Gasteiger partial charge in [-0.1, -0.05) is 48.5 Å². The molecule has 1 aliphatic carbocycles. The maximum atomic E-state index is 11.5. The molecule has 0 aliphatic heterocycles. The van der Waals surface area contributed by atoms with Crippen LogP contribution >= 0.6 is 0 Å². The Hall–Kier alpha value is -3.65. The number of anilines is 1. The predicted molar refractivity (Wildman–Crippen MR) is 142 cm³/mol. The number of hydrogen-bond acceptors (Lipinski definition) is 4. The van der Waals surface area contributed by atoms with Gasteiger partial charge in [-0.05, 0) is 72.4 Å². The number of carbonyl (C=O) groups is 1. The number of imidazole rings is 1. The molecule has 3 aromatic carbocycles. The van der Waals surface area contributed by atoms with Crippen LogP contribution in [0.15, 0.2) is 66.7 Å². The average Bonchev–Trinajstić information content (AvgIpc) is 3.27. The molecule has 0 radical (unpaired) electrons. The van der Waals surface area contributed by atoms with E-state index in [4.69, 9.17) is 5.11 Å². The van der Waals surface area contributed by atoms with Crippen molar-refractivity contribution in [3.05, 3.63) is 72.3 Å². The molecule has 186 valence electrons. The fraction of sp³-hybridized carbons (Fsp3) is 0.286. The minimum atomic E-state index is -3.34. The maximum absolute atomic E-state index is 11.5. The Kier molecular flexibility index (Phi) is 6.53. The molecular formula is C28H29N3O4S. The summed E-state index contributed by atoms with van der Waals surface area (Å²) in [6.07, 6.45) is 5.48. The van der Waals surface area contributed by atoms with Crippen LogP contribution in [0.5, 0.6) is 0 Å². The van der Waals surface area contributed by atoms with Gasteiger partial charge in [0.2, 0.25) is 10.0 Å². The van der Waals surface area contributed by atoms with Gasteiger partial charge >= 0.3 is 5.97 Å². The van der Waals surface area contributed by atoms with Crippen LogP contribution in [0.2, 0.25) is 0 Å². The largest absolute Gasteiger partial charge is 0.481 e. The molecule has 36 heavy (non-hydrogen) atoms. The monoisotopic (exact) mass is 503 g/mol. The third-order valence-corrected chi connectivity index (χ3v) is 7.58. The van der Waals surface area contributed by atoms with Crippen LogP contribution in [0.25, 0.3) is 33.5 Å². The van der Waals surface area contributed by atoms with E-state index in [1.165, 1.54) is 5.56 Å². The van der Waals surface area contributed by atoms with E-state index >= 15 is 0 Å². The van der Waals surface area contributed by atoms with E-state index in [2.05, 4.69) is 51.1 Å². The third-order valence-electron chi connectivity index (χ3n) is 6.97. The summed E-state index contributed by atoms with van der Waals surface area (Å²) in [7, 11) is -3.34. The highest BCUT2D eigenvalue weighted by Crippen LogP contribution is 2.37. The number of nitrogens with one attached hydrogen (secondary N) is 2. The number of nitrogens with zero attached hydrogens (tertiary/aromatic N) is 1. The molecule has 1 aromatic heterocycles. The summed E-state index contributed by atoms with van der Waals surface area (Å²) < 4.78 is 25.5. The SMILES string of the molecule is CS(=O)(=O)Nc1ccc2nc(-c3ccc(-c4ccc(C5CCC(CC(=O)O)CC5)cc4)cc3)[nH]c2c1. The second-order valence-electron chi connectivity index (χ2n) is 9.71. The van der Waals surface area contributed by atoms with Gasteiger partial charge in [-0.2, -0.15) is 0 Å². The van der Waals surface area contributed by atoms with Gasteiger partial charge in [0.15, 0.2) is 0 Å². The quantitative estimate of drug-likeness (QED) is 0.286. The van der Waals surface area contributed by atoms with Gasteiger partial charge in [-0.15, -0.1) is 0 Å². The Morgan fingerprint density at radius 2 is 1.56 bits per heavy atom. The fourth-order valence-corrected chi connectivity index (χ4v) is 5.69. The van der Waals surface area contributed by atoms with Crippen LogP contribution in [-0.2, 0) is 14.8 Å². The maximum Gasteiger partial charge on any atom is 0.303 e. The first-order chi connectivity index (χ1) is 17.2. The van der Waals surface area contributed by atoms with Crippen LogP contribution in [-0.4, -0.2) is 35.7 Å². The van der Waals surface area contributed by atoms with E-state index < -0.39 is 16.0 Å². The number of fused-ring (bicyclic) bond motifs is 1. The average molecular weight is 504 g/mol. The first-order valence-corrected chi connectivity index (χ1v) is 14.0. The van der Waals surface area contributed by atoms with E-state index in [1.807, 2.05) is 12.1 Å². The van der Waals surface area contributed by atoms with Gasteiger partial charge in [0.05, 0.1) is 23.0 Å². The van der Waals surface area contributed by atoms with E-state index in [1.54, 1.807) is 18.2 Å². The molecule has 5 rings (SSSR count). The molecule has 7 nitrogen and oxygen atoms in total. The second kappa shape index (κ2) is 9.78. The predicted octanol–water partition coefficient (Wildman–Crippen LogP) is 6.02. The Balaban J connectivity index is 1.27. The molecular weight excluding hydrogens is 474 g/mol. The number of carboxylic acids is 1. The van der Waals surface area contributed by atoms with Crippen molar-refractivity contribution in [3.8, 4) is 22.5 Å². The fourth-order valence-electron chi connectivity index (χ4n) is 5.14. The van der Waals surface area contributed by atoms with Crippen molar-refractivity contribution in [1.29, 1.82) is 0 Å². The van der Waals surface area contributed by atoms with Crippen molar-refractivity contribution < 1.29 is 18.3 Å². The van der Waals surface area contributed by atoms with Crippen LogP contribution in [0, 0.1) is 5.92 Å². The molecule has 0 saturated heterocycles. The summed E-state index contributed by atoms with van der Waals surface area (Å²) in [6.45, 7) is 0. The first-order valence-electron chi connectivity index (χ1n) is 12.1. The number of rotatable bonds is 7. The zero-order chi connectivity index (χ0) is 25.3. The topological polar surface area (TPSA) is 112 Å². The Bertz CT molecular complexity index is 1480. The summed E-state index contributed by atoms with van der Waals surface area (Å²) in [5.41, 5.74) is 6.55. The van der Waals surface area contributed by atoms with E-state index in [-0.39, 0.29) is 6.42 Å². The zero-order valence-electron chi connectivity index (χ0n) is 20.1. The molecule has 3 N–H and O–H groups in total. The van der Waals surface area contributed by atoms with Crippen molar-refractivity contribution in [1.82, 2.24) is 9.97 Å². The van der Waals surface area contributed by atoms with E-state index in [0.717, 1.165) is 65.5 Å². The minimum Gasteiger partial charge on any atom is -0.481 e. The molecule has 0 bridgehead atoms. The molecule has 4 aromatic rings. The number of benzene rings is 3. The van der Waals surface area contributed by atoms with E-state index in [0.29, 0.717) is 17.5 Å². The number of carboxylic acid groups (broad SMARTS) is 1. The number of aromatic nitrogens is 2. The lowest BCUT2D eigenvalue weighted by Crippen LogP contribution is -2.16. The smallest absolute Gasteiger partial charge is 0.303 e.